The number of carbonyl (C=O) groups is 1. The zero-order valence-electron chi connectivity index (χ0n) is 11.0. The van der Waals surface area contributed by atoms with Gasteiger partial charge < -0.3 is 15.4 Å². The van der Waals surface area contributed by atoms with Crippen LogP contribution in [0.25, 0.3) is 0 Å². The van der Waals surface area contributed by atoms with Crippen molar-refractivity contribution in [3.05, 3.63) is 23.3 Å². The molecular formula is C14H20N2O2. The number of nitrogens with two attached hydrogens (primary N) is 1. The molecule has 0 unspecified atom stereocenters. The molecule has 2 N–H and O–H groups in total. The quantitative estimate of drug-likeness (QED) is 0.654. The van der Waals surface area contributed by atoms with E-state index < -0.39 is 0 Å². The number of fused-ring (bicyclic) bond motifs is 1. The Morgan fingerprint density at radius 3 is 3.00 bits per heavy atom. The maximum atomic E-state index is 12.0. The van der Waals surface area contributed by atoms with Crippen molar-refractivity contribution in [3.8, 4) is 0 Å². The molecule has 0 atom stereocenters. The van der Waals surface area contributed by atoms with Crippen molar-refractivity contribution in [2.75, 3.05) is 30.4 Å². The molecule has 0 spiro atoms. The second-order valence-corrected chi connectivity index (χ2v) is 4.69. The van der Waals surface area contributed by atoms with E-state index in [9.17, 15) is 4.79 Å². The average molecular weight is 248 g/mol. The van der Waals surface area contributed by atoms with Crippen LogP contribution in [0.1, 0.15) is 24.5 Å². The molecule has 4 nitrogen and oxygen atoms in total. The van der Waals surface area contributed by atoms with Gasteiger partial charge in [0.1, 0.15) is 6.61 Å². The third-order valence-corrected chi connectivity index (χ3v) is 3.24. The SMILES string of the molecule is CCCOCC(=O)N1CCc2cc(C)c(N)cc21. The predicted octanol–water partition coefficient (Wildman–Crippen LogP) is 1.89. The van der Waals surface area contributed by atoms with Gasteiger partial charge in [-0.1, -0.05) is 13.0 Å². The largest absolute Gasteiger partial charge is 0.398 e. The van der Waals surface area contributed by atoms with Crippen LogP contribution in [0, 0.1) is 6.92 Å². The first-order valence-corrected chi connectivity index (χ1v) is 6.40. The fourth-order valence-corrected chi connectivity index (χ4v) is 2.22. The van der Waals surface area contributed by atoms with Gasteiger partial charge in [-0.05, 0) is 37.0 Å². The number of hydrogen-bond acceptors (Lipinski definition) is 3. The molecule has 0 aliphatic carbocycles. The molecule has 0 radical (unpaired) electrons. The number of carbonyl (C=O) groups excluding carboxylic acids is 1. The normalized spacial score (nSPS) is 13.8. The van der Waals surface area contributed by atoms with E-state index in [-0.39, 0.29) is 12.5 Å². The predicted molar refractivity (Wildman–Crippen MR) is 72.8 cm³/mol. The third-order valence-electron chi connectivity index (χ3n) is 3.24. The summed E-state index contributed by atoms with van der Waals surface area (Å²) >= 11 is 0. The second-order valence-electron chi connectivity index (χ2n) is 4.69. The van der Waals surface area contributed by atoms with Gasteiger partial charge >= 0.3 is 0 Å². The molecule has 1 aliphatic heterocycles. The van der Waals surface area contributed by atoms with Gasteiger partial charge in [0.15, 0.2) is 0 Å². The topological polar surface area (TPSA) is 55.6 Å². The Hall–Kier alpha value is -1.55. The molecule has 0 bridgehead atoms. The molecule has 1 amide bonds. The first kappa shape index (κ1) is 12.9. The third kappa shape index (κ3) is 2.48. The van der Waals surface area contributed by atoms with Crippen molar-refractivity contribution in [3.63, 3.8) is 0 Å². The molecule has 1 aromatic carbocycles. The molecule has 18 heavy (non-hydrogen) atoms. The van der Waals surface area contributed by atoms with Gasteiger partial charge in [-0.3, -0.25) is 4.79 Å². The van der Waals surface area contributed by atoms with E-state index in [1.807, 2.05) is 19.9 Å². The fourth-order valence-electron chi connectivity index (χ4n) is 2.22. The molecule has 0 saturated carbocycles. The summed E-state index contributed by atoms with van der Waals surface area (Å²) in [4.78, 5) is 13.8. The second kappa shape index (κ2) is 5.40. The number of aryl methyl sites for hydroxylation is 1. The minimum absolute atomic E-state index is 0.0189. The van der Waals surface area contributed by atoms with Crippen LogP contribution in [0.15, 0.2) is 12.1 Å². The lowest BCUT2D eigenvalue weighted by molar-refractivity contribution is -0.123. The number of rotatable bonds is 4. The average Bonchev–Trinajstić information content (AvgIpc) is 2.73. The monoisotopic (exact) mass is 248 g/mol. The Morgan fingerprint density at radius 1 is 1.50 bits per heavy atom. The zero-order chi connectivity index (χ0) is 13.1. The molecule has 2 rings (SSSR count). The molecule has 0 aromatic heterocycles. The van der Waals surface area contributed by atoms with Gasteiger partial charge in [-0.2, -0.15) is 0 Å². The Bertz CT molecular complexity index is 457. The van der Waals surface area contributed by atoms with Gasteiger partial charge in [0.2, 0.25) is 0 Å². The molecular weight excluding hydrogens is 228 g/mol. The minimum atomic E-state index is 0.0189. The molecule has 4 heteroatoms. The lowest BCUT2D eigenvalue weighted by atomic mass is 10.1. The highest BCUT2D eigenvalue weighted by Crippen LogP contribution is 2.32. The van der Waals surface area contributed by atoms with E-state index in [0.717, 1.165) is 36.3 Å². The first-order chi connectivity index (χ1) is 8.63. The van der Waals surface area contributed by atoms with E-state index in [2.05, 4.69) is 6.07 Å². The number of benzene rings is 1. The van der Waals surface area contributed by atoms with Crippen LogP contribution in [-0.2, 0) is 16.0 Å². The van der Waals surface area contributed by atoms with Crippen LogP contribution >= 0.6 is 0 Å². The van der Waals surface area contributed by atoms with E-state index in [4.69, 9.17) is 10.5 Å². The van der Waals surface area contributed by atoms with Crippen LogP contribution < -0.4 is 10.6 Å². The van der Waals surface area contributed by atoms with Crippen molar-refractivity contribution < 1.29 is 9.53 Å². The molecule has 0 saturated heterocycles. The summed E-state index contributed by atoms with van der Waals surface area (Å²) in [7, 11) is 0. The highest BCUT2D eigenvalue weighted by molar-refractivity contribution is 5.97. The first-order valence-electron chi connectivity index (χ1n) is 6.40. The lowest BCUT2D eigenvalue weighted by Gasteiger charge is -2.18. The van der Waals surface area contributed by atoms with Gasteiger partial charge in [0.25, 0.3) is 5.91 Å². The molecule has 98 valence electrons. The van der Waals surface area contributed by atoms with E-state index in [0.29, 0.717) is 6.61 Å². The van der Waals surface area contributed by atoms with Crippen molar-refractivity contribution in [2.45, 2.75) is 26.7 Å². The highest BCUT2D eigenvalue weighted by atomic mass is 16.5. The maximum absolute atomic E-state index is 12.0. The van der Waals surface area contributed by atoms with Crippen LogP contribution in [0.4, 0.5) is 11.4 Å². The number of hydrogen-bond donors (Lipinski definition) is 1. The van der Waals surface area contributed by atoms with Gasteiger partial charge in [-0.15, -0.1) is 0 Å². The van der Waals surface area contributed by atoms with Crippen molar-refractivity contribution in [1.82, 2.24) is 0 Å². The summed E-state index contributed by atoms with van der Waals surface area (Å²) in [6.07, 6.45) is 1.83. The van der Waals surface area contributed by atoms with Crippen molar-refractivity contribution >= 4 is 17.3 Å². The van der Waals surface area contributed by atoms with Crippen LogP contribution in [0.2, 0.25) is 0 Å². The van der Waals surface area contributed by atoms with Crippen molar-refractivity contribution in [1.29, 1.82) is 0 Å². The molecule has 1 aromatic rings. The Balaban J connectivity index is 2.11. The van der Waals surface area contributed by atoms with Gasteiger partial charge in [0, 0.05) is 24.5 Å². The number of amides is 1. The molecule has 1 heterocycles. The Morgan fingerprint density at radius 2 is 2.28 bits per heavy atom. The lowest BCUT2D eigenvalue weighted by Crippen LogP contribution is -2.32. The van der Waals surface area contributed by atoms with Crippen LogP contribution in [0.3, 0.4) is 0 Å². The van der Waals surface area contributed by atoms with E-state index >= 15 is 0 Å². The summed E-state index contributed by atoms with van der Waals surface area (Å²) in [6.45, 7) is 5.53. The number of nitrogen functional groups attached to an aromatic ring is 1. The van der Waals surface area contributed by atoms with E-state index in [1.165, 1.54) is 5.56 Å². The maximum Gasteiger partial charge on any atom is 0.252 e. The number of ether oxygens (including phenoxy) is 1. The van der Waals surface area contributed by atoms with Crippen molar-refractivity contribution in [2.24, 2.45) is 0 Å². The summed E-state index contributed by atoms with van der Waals surface area (Å²) in [5.74, 6) is 0.0189. The fraction of sp³-hybridized carbons (Fsp3) is 0.500. The molecule has 1 aliphatic rings. The summed E-state index contributed by atoms with van der Waals surface area (Å²) < 4.78 is 5.30. The minimum Gasteiger partial charge on any atom is -0.398 e. The van der Waals surface area contributed by atoms with Crippen LogP contribution in [0.5, 0.6) is 0 Å². The number of nitrogens with zero attached hydrogens (tertiary/aromatic N) is 1. The standard InChI is InChI=1S/C14H20N2O2/c1-3-6-18-9-14(17)16-5-4-11-7-10(2)12(15)8-13(11)16/h7-8H,3-6,9,15H2,1-2H3. The van der Waals surface area contributed by atoms with E-state index in [1.54, 1.807) is 4.90 Å². The smallest absolute Gasteiger partial charge is 0.252 e. The Kier molecular flexibility index (Phi) is 3.87. The van der Waals surface area contributed by atoms with Crippen LogP contribution in [-0.4, -0.2) is 25.7 Å². The summed E-state index contributed by atoms with van der Waals surface area (Å²) in [5.41, 5.74) is 9.87. The summed E-state index contributed by atoms with van der Waals surface area (Å²) in [5, 5.41) is 0. The number of anilines is 2. The Labute approximate surface area is 108 Å². The zero-order valence-corrected chi connectivity index (χ0v) is 11.0. The van der Waals surface area contributed by atoms with Gasteiger partial charge in [-0.25, -0.2) is 0 Å². The van der Waals surface area contributed by atoms with Gasteiger partial charge in [0.05, 0.1) is 0 Å². The molecule has 0 fully saturated rings. The highest BCUT2D eigenvalue weighted by Gasteiger charge is 2.25. The summed E-state index contributed by atoms with van der Waals surface area (Å²) in [6, 6.07) is 3.97.